The largest absolute Gasteiger partial charge is 0.311 e. The Morgan fingerprint density at radius 3 is 2.50 bits per heavy atom. The summed E-state index contributed by atoms with van der Waals surface area (Å²) >= 11 is 0. The fourth-order valence-corrected chi connectivity index (χ4v) is 3.18. The van der Waals surface area contributed by atoms with Gasteiger partial charge in [-0.15, -0.1) is 0 Å². The Bertz CT molecular complexity index is 247. The van der Waals surface area contributed by atoms with Gasteiger partial charge < -0.3 is 5.32 Å². The highest BCUT2D eigenvalue weighted by Crippen LogP contribution is 2.35. The van der Waals surface area contributed by atoms with Gasteiger partial charge in [0, 0.05) is 25.2 Å². The molecule has 3 atom stereocenters. The van der Waals surface area contributed by atoms with Gasteiger partial charge in [-0.3, -0.25) is 4.90 Å². The monoisotopic (exact) mass is 252 g/mol. The summed E-state index contributed by atoms with van der Waals surface area (Å²) in [5.41, 5.74) is 0. The molecule has 18 heavy (non-hydrogen) atoms. The van der Waals surface area contributed by atoms with Crippen LogP contribution in [-0.4, -0.2) is 36.6 Å². The van der Waals surface area contributed by atoms with Gasteiger partial charge in [0.15, 0.2) is 0 Å². The highest BCUT2D eigenvalue weighted by atomic mass is 15.2. The summed E-state index contributed by atoms with van der Waals surface area (Å²) in [6.45, 7) is 13.3. The molecule has 106 valence electrons. The van der Waals surface area contributed by atoms with Gasteiger partial charge in [0.1, 0.15) is 0 Å². The van der Waals surface area contributed by atoms with Gasteiger partial charge >= 0.3 is 0 Å². The predicted octanol–water partition coefficient (Wildman–Crippen LogP) is 3.13. The molecule has 2 aliphatic rings. The van der Waals surface area contributed by atoms with Gasteiger partial charge in [-0.25, -0.2) is 0 Å². The smallest absolute Gasteiger partial charge is 0.0246 e. The summed E-state index contributed by atoms with van der Waals surface area (Å²) in [5.74, 6) is 2.64. The van der Waals surface area contributed by atoms with E-state index in [9.17, 15) is 0 Å². The number of hydrogen-bond acceptors (Lipinski definition) is 2. The lowest BCUT2D eigenvalue weighted by Gasteiger charge is -2.43. The highest BCUT2D eigenvalue weighted by molar-refractivity contribution is 4.95. The quantitative estimate of drug-likeness (QED) is 0.781. The van der Waals surface area contributed by atoms with E-state index in [-0.39, 0.29) is 0 Å². The van der Waals surface area contributed by atoms with Crippen LogP contribution in [-0.2, 0) is 0 Å². The van der Waals surface area contributed by atoms with Crippen molar-refractivity contribution in [2.45, 2.75) is 65.5 Å². The molecule has 1 heterocycles. The van der Waals surface area contributed by atoms with E-state index in [0.29, 0.717) is 0 Å². The Balaban J connectivity index is 1.91. The van der Waals surface area contributed by atoms with Crippen LogP contribution in [0.1, 0.15) is 53.4 Å². The third-order valence-corrected chi connectivity index (χ3v) is 4.97. The molecule has 2 nitrogen and oxygen atoms in total. The Labute approximate surface area is 114 Å². The molecule has 1 aliphatic carbocycles. The van der Waals surface area contributed by atoms with Crippen LogP contribution in [0.15, 0.2) is 0 Å². The molecule has 0 radical (unpaired) electrons. The first kappa shape index (κ1) is 14.3. The normalized spacial score (nSPS) is 31.8. The van der Waals surface area contributed by atoms with Gasteiger partial charge in [0.05, 0.1) is 0 Å². The summed E-state index contributed by atoms with van der Waals surface area (Å²) in [7, 11) is 0. The molecule has 0 bridgehead atoms. The van der Waals surface area contributed by atoms with E-state index in [4.69, 9.17) is 0 Å². The molecular formula is C16H32N2. The Morgan fingerprint density at radius 1 is 1.22 bits per heavy atom. The van der Waals surface area contributed by atoms with E-state index in [1.54, 1.807) is 0 Å². The van der Waals surface area contributed by atoms with Crippen LogP contribution in [0.4, 0.5) is 0 Å². The fourth-order valence-electron chi connectivity index (χ4n) is 3.18. The second-order valence-corrected chi connectivity index (χ2v) is 6.98. The summed E-state index contributed by atoms with van der Waals surface area (Å²) in [6.07, 6.45) is 5.58. The minimum Gasteiger partial charge on any atom is -0.311 e. The van der Waals surface area contributed by atoms with Crippen LogP contribution < -0.4 is 5.32 Å². The maximum atomic E-state index is 3.82. The van der Waals surface area contributed by atoms with Gasteiger partial charge in [-0.2, -0.15) is 0 Å². The Kier molecular flexibility index (Phi) is 5.08. The van der Waals surface area contributed by atoms with Gasteiger partial charge in [0.2, 0.25) is 0 Å². The number of piperazine rings is 1. The second kappa shape index (κ2) is 6.38. The zero-order valence-electron chi connectivity index (χ0n) is 12.8. The first-order valence-corrected chi connectivity index (χ1v) is 8.09. The maximum absolute atomic E-state index is 3.82. The summed E-state index contributed by atoms with van der Waals surface area (Å²) < 4.78 is 0. The van der Waals surface area contributed by atoms with Crippen molar-refractivity contribution in [3.63, 3.8) is 0 Å². The molecule has 1 N–H and O–H groups in total. The lowest BCUT2D eigenvalue weighted by Crippen LogP contribution is -2.59. The van der Waals surface area contributed by atoms with Crippen molar-refractivity contribution in [2.24, 2.45) is 17.8 Å². The van der Waals surface area contributed by atoms with Crippen LogP contribution >= 0.6 is 0 Å². The molecule has 1 aliphatic heterocycles. The average molecular weight is 252 g/mol. The van der Waals surface area contributed by atoms with E-state index in [2.05, 4.69) is 37.9 Å². The van der Waals surface area contributed by atoms with Crippen LogP contribution in [0.3, 0.4) is 0 Å². The van der Waals surface area contributed by atoms with E-state index < -0.39 is 0 Å². The average Bonchev–Trinajstić information content (AvgIpc) is 3.19. The molecule has 2 fully saturated rings. The molecule has 3 unspecified atom stereocenters. The maximum Gasteiger partial charge on any atom is 0.0246 e. The van der Waals surface area contributed by atoms with Crippen molar-refractivity contribution in [1.29, 1.82) is 0 Å². The highest BCUT2D eigenvalue weighted by Gasteiger charge is 2.38. The Hall–Kier alpha value is -0.0800. The SMILES string of the molecule is CCC(C)C1CNC(C2CC2)CN1CCC(C)C. The first-order valence-electron chi connectivity index (χ1n) is 8.09. The standard InChI is InChI=1S/C16H32N2/c1-5-13(4)16-10-17-15(14-6-7-14)11-18(16)9-8-12(2)3/h12-17H,5-11H2,1-4H3. The molecule has 0 aromatic heterocycles. The van der Waals surface area contributed by atoms with Crippen LogP contribution in [0.5, 0.6) is 0 Å². The molecule has 0 aromatic rings. The summed E-state index contributed by atoms with van der Waals surface area (Å²) in [5, 5.41) is 3.82. The van der Waals surface area contributed by atoms with Gasteiger partial charge in [-0.1, -0.05) is 34.1 Å². The van der Waals surface area contributed by atoms with Crippen LogP contribution in [0.25, 0.3) is 0 Å². The first-order chi connectivity index (χ1) is 8.61. The lowest BCUT2D eigenvalue weighted by molar-refractivity contribution is 0.0812. The predicted molar refractivity (Wildman–Crippen MR) is 78.8 cm³/mol. The third-order valence-electron chi connectivity index (χ3n) is 4.97. The van der Waals surface area contributed by atoms with Gasteiger partial charge in [-0.05, 0) is 43.6 Å². The van der Waals surface area contributed by atoms with E-state index in [0.717, 1.165) is 29.8 Å². The van der Waals surface area contributed by atoms with Crippen LogP contribution in [0, 0.1) is 17.8 Å². The molecule has 1 saturated heterocycles. The number of rotatable bonds is 6. The molecule has 0 spiro atoms. The molecule has 0 amide bonds. The summed E-state index contributed by atoms with van der Waals surface area (Å²) in [4.78, 5) is 2.80. The van der Waals surface area contributed by atoms with Crippen LogP contribution in [0.2, 0.25) is 0 Å². The van der Waals surface area contributed by atoms with Crippen molar-refractivity contribution < 1.29 is 0 Å². The zero-order chi connectivity index (χ0) is 13.1. The van der Waals surface area contributed by atoms with E-state index in [1.165, 1.54) is 45.3 Å². The molecule has 1 saturated carbocycles. The number of nitrogens with zero attached hydrogens (tertiary/aromatic N) is 1. The van der Waals surface area contributed by atoms with E-state index in [1.807, 2.05) is 0 Å². The van der Waals surface area contributed by atoms with Gasteiger partial charge in [0.25, 0.3) is 0 Å². The topological polar surface area (TPSA) is 15.3 Å². The molecule has 0 aromatic carbocycles. The van der Waals surface area contributed by atoms with Crippen molar-refractivity contribution in [1.82, 2.24) is 10.2 Å². The number of hydrogen-bond donors (Lipinski definition) is 1. The molecular weight excluding hydrogens is 220 g/mol. The molecule has 2 heteroatoms. The van der Waals surface area contributed by atoms with E-state index >= 15 is 0 Å². The second-order valence-electron chi connectivity index (χ2n) is 6.98. The number of nitrogens with one attached hydrogen (secondary N) is 1. The lowest BCUT2D eigenvalue weighted by atomic mass is 9.93. The van der Waals surface area contributed by atoms with Crippen molar-refractivity contribution >= 4 is 0 Å². The molecule has 2 rings (SSSR count). The Morgan fingerprint density at radius 2 is 1.94 bits per heavy atom. The minimum atomic E-state index is 0.767. The zero-order valence-corrected chi connectivity index (χ0v) is 12.8. The minimum absolute atomic E-state index is 0.767. The third kappa shape index (κ3) is 3.71. The van der Waals surface area contributed by atoms with Crippen molar-refractivity contribution in [3.8, 4) is 0 Å². The van der Waals surface area contributed by atoms with Crippen molar-refractivity contribution in [2.75, 3.05) is 19.6 Å². The van der Waals surface area contributed by atoms with Crippen molar-refractivity contribution in [3.05, 3.63) is 0 Å². The fraction of sp³-hybridized carbons (Fsp3) is 1.00. The summed E-state index contributed by atoms with van der Waals surface area (Å²) in [6, 6.07) is 1.56.